The number of ether oxygens (including phenoxy) is 1. The SMILES string of the molecule is Cc1cc2nc3c(c(C)c2c(C)c1C)Cn1c-3cc2c(c1=O)COC(=O)[C@]2(O)C(C)C. The van der Waals surface area contributed by atoms with E-state index >= 15 is 0 Å². The molecular weight excluding hydrogens is 392 g/mol. The minimum atomic E-state index is -1.85. The molecule has 4 heterocycles. The highest BCUT2D eigenvalue weighted by Gasteiger charge is 2.49. The first-order chi connectivity index (χ1) is 14.6. The molecule has 5 rings (SSSR count). The first-order valence-electron chi connectivity index (χ1n) is 10.6. The van der Waals surface area contributed by atoms with Gasteiger partial charge >= 0.3 is 5.97 Å². The number of fused-ring (bicyclic) bond motifs is 5. The molecule has 0 aliphatic carbocycles. The number of aryl methyl sites for hydroxylation is 3. The van der Waals surface area contributed by atoms with Crippen LogP contribution in [0.5, 0.6) is 0 Å². The number of aliphatic hydroxyl groups is 1. The molecule has 0 radical (unpaired) electrons. The van der Waals surface area contributed by atoms with Crippen LogP contribution in [0.3, 0.4) is 0 Å². The number of carbonyl (C=O) groups excluding carboxylic acids is 1. The van der Waals surface area contributed by atoms with Gasteiger partial charge < -0.3 is 14.4 Å². The maximum Gasteiger partial charge on any atom is 0.343 e. The maximum atomic E-state index is 13.4. The van der Waals surface area contributed by atoms with Crippen molar-refractivity contribution in [2.75, 3.05) is 0 Å². The number of benzene rings is 1. The zero-order chi connectivity index (χ0) is 22.4. The summed E-state index contributed by atoms with van der Waals surface area (Å²) in [6.45, 7) is 12.2. The quantitative estimate of drug-likeness (QED) is 0.478. The second-order valence-electron chi connectivity index (χ2n) is 9.21. The number of aromatic nitrogens is 2. The van der Waals surface area contributed by atoms with Crippen LogP contribution in [-0.2, 0) is 28.3 Å². The zero-order valence-corrected chi connectivity index (χ0v) is 18.7. The highest BCUT2D eigenvalue weighted by atomic mass is 16.6. The lowest BCUT2D eigenvalue weighted by Gasteiger charge is -2.35. The molecule has 0 spiro atoms. The monoisotopic (exact) mass is 418 g/mol. The minimum Gasteiger partial charge on any atom is -0.458 e. The van der Waals surface area contributed by atoms with Crippen molar-refractivity contribution in [3.63, 3.8) is 0 Å². The first-order valence-corrected chi connectivity index (χ1v) is 10.6. The van der Waals surface area contributed by atoms with Crippen LogP contribution in [0.25, 0.3) is 22.3 Å². The van der Waals surface area contributed by atoms with Crippen molar-refractivity contribution in [1.29, 1.82) is 0 Å². The van der Waals surface area contributed by atoms with E-state index in [1.54, 1.807) is 24.5 Å². The molecule has 1 aromatic carbocycles. The summed E-state index contributed by atoms with van der Waals surface area (Å²) in [7, 11) is 0. The van der Waals surface area contributed by atoms with Gasteiger partial charge in [-0.3, -0.25) is 4.79 Å². The van der Waals surface area contributed by atoms with Crippen molar-refractivity contribution >= 4 is 16.9 Å². The van der Waals surface area contributed by atoms with E-state index in [1.165, 1.54) is 16.7 Å². The van der Waals surface area contributed by atoms with E-state index in [0.29, 0.717) is 23.4 Å². The van der Waals surface area contributed by atoms with Crippen LogP contribution in [0.4, 0.5) is 0 Å². The Morgan fingerprint density at radius 2 is 1.77 bits per heavy atom. The van der Waals surface area contributed by atoms with Crippen LogP contribution < -0.4 is 5.56 Å². The number of esters is 1. The van der Waals surface area contributed by atoms with E-state index < -0.39 is 17.5 Å². The number of nitrogens with zero attached hydrogens (tertiary/aromatic N) is 2. The molecule has 1 atom stereocenters. The van der Waals surface area contributed by atoms with Crippen molar-refractivity contribution in [1.82, 2.24) is 9.55 Å². The number of cyclic esters (lactones) is 1. The third kappa shape index (κ3) is 2.39. The topological polar surface area (TPSA) is 81.4 Å². The van der Waals surface area contributed by atoms with E-state index in [1.807, 2.05) is 0 Å². The third-order valence-electron chi connectivity index (χ3n) is 7.35. The molecule has 0 bridgehead atoms. The van der Waals surface area contributed by atoms with Crippen LogP contribution in [0.1, 0.15) is 52.8 Å². The van der Waals surface area contributed by atoms with Crippen LogP contribution in [0.2, 0.25) is 0 Å². The summed E-state index contributed by atoms with van der Waals surface area (Å²) in [6, 6.07) is 3.86. The number of pyridine rings is 2. The van der Waals surface area contributed by atoms with Crippen molar-refractivity contribution in [3.05, 3.63) is 61.4 Å². The predicted molar refractivity (Wildman–Crippen MR) is 118 cm³/mol. The Hall–Kier alpha value is -2.99. The Morgan fingerprint density at radius 1 is 1.06 bits per heavy atom. The van der Waals surface area contributed by atoms with Gasteiger partial charge in [-0.2, -0.15) is 0 Å². The maximum absolute atomic E-state index is 13.4. The van der Waals surface area contributed by atoms with Gasteiger partial charge in [-0.25, -0.2) is 9.78 Å². The van der Waals surface area contributed by atoms with Gasteiger partial charge in [-0.15, -0.1) is 0 Å². The van der Waals surface area contributed by atoms with Gasteiger partial charge in [0.05, 0.1) is 29.0 Å². The van der Waals surface area contributed by atoms with E-state index in [2.05, 4.69) is 33.8 Å². The Bertz CT molecular complexity index is 1380. The van der Waals surface area contributed by atoms with Crippen molar-refractivity contribution < 1.29 is 14.6 Å². The molecule has 0 saturated heterocycles. The van der Waals surface area contributed by atoms with Gasteiger partial charge in [0, 0.05) is 16.5 Å². The highest BCUT2D eigenvalue weighted by molar-refractivity contribution is 5.92. The van der Waals surface area contributed by atoms with Gasteiger partial charge in [0.1, 0.15) is 6.61 Å². The summed E-state index contributed by atoms with van der Waals surface area (Å²) < 4.78 is 6.90. The van der Waals surface area contributed by atoms with Crippen molar-refractivity contribution in [2.45, 2.75) is 60.3 Å². The molecule has 2 aliphatic heterocycles. The molecule has 0 unspecified atom stereocenters. The summed E-state index contributed by atoms with van der Waals surface area (Å²) in [5, 5.41) is 12.4. The first kappa shape index (κ1) is 19.9. The normalized spacial score (nSPS) is 19.4. The van der Waals surface area contributed by atoms with Crippen molar-refractivity contribution in [2.24, 2.45) is 5.92 Å². The number of hydrogen-bond acceptors (Lipinski definition) is 5. The summed E-state index contributed by atoms with van der Waals surface area (Å²) in [4.78, 5) is 30.9. The molecule has 3 aromatic rings. The molecule has 160 valence electrons. The van der Waals surface area contributed by atoms with Crippen LogP contribution in [-0.4, -0.2) is 20.6 Å². The van der Waals surface area contributed by atoms with E-state index in [9.17, 15) is 14.7 Å². The highest BCUT2D eigenvalue weighted by Crippen LogP contribution is 2.42. The average Bonchev–Trinajstić information content (AvgIpc) is 3.08. The Labute approximate surface area is 180 Å². The zero-order valence-electron chi connectivity index (χ0n) is 18.7. The Balaban J connectivity index is 1.85. The molecule has 2 aromatic heterocycles. The molecule has 0 fully saturated rings. The van der Waals surface area contributed by atoms with Gasteiger partial charge in [0.25, 0.3) is 5.56 Å². The van der Waals surface area contributed by atoms with Gasteiger partial charge in [-0.1, -0.05) is 13.8 Å². The van der Waals surface area contributed by atoms with Gasteiger partial charge in [0.15, 0.2) is 5.60 Å². The molecule has 0 saturated carbocycles. The minimum absolute atomic E-state index is 0.120. The van der Waals surface area contributed by atoms with Gasteiger partial charge in [0.2, 0.25) is 0 Å². The fraction of sp³-hybridized carbons (Fsp3) is 0.400. The predicted octanol–water partition coefficient (Wildman–Crippen LogP) is 3.56. The lowest BCUT2D eigenvalue weighted by Crippen LogP contribution is -2.48. The Morgan fingerprint density at radius 3 is 2.45 bits per heavy atom. The number of rotatable bonds is 1. The molecule has 31 heavy (non-hydrogen) atoms. The summed E-state index contributed by atoms with van der Waals surface area (Å²) in [5.41, 5.74) is 6.67. The number of hydrogen-bond donors (Lipinski definition) is 1. The summed E-state index contributed by atoms with van der Waals surface area (Å²) in [6.07, 6.45) is 0. The molecule has 6 nitrogen and oxygen atoms in total. The van der Waals surface area contributed by atoms with Crippen LogP contribution in [0.15, 0.2) is 16.9 Å². The molecule has 6 heteroatoms. The van der Waals surface area contributed by atoms with E-state index in [-0.39, 0.29) is 12.2 Å². The third-order valence-corrected chi connectivity index (χ3v) is 7.35. The fourth-order valence-corrected chi connectivity index (χ4v) is 5.13. The smallest absolute Gasteiger partial charge is 0.343 e. The lowest BCUT2D eigenvalue weighted by atomic mass is 9.79. The molecule has 2 aliphatic rings. The molecule has 0 amide bonds. The van der Waals surface area contributed by atoms with Gasteiger partial charge in [-0.05, 0) is 68.0 Å². The second-order valence-corrected chi connectivity index (χ2v) is 9.21. The van der Waals surface area contributed by atoms with E-state index in [0.717, 1.165) is 27.7 Å². The van der Waals surface area contributed by atoms with Crippen LogP contribution >= 0.6 is 0 Å². The summed E-state index contributed by atoms with van der Waals surface area (Å²) >= 11 is 0. The number of carbonyl (C=O) groups is 1. The van der Waals surface area contributed by atoms with Crippen LogP contribution in [0, 0.1) is 33.6 Å². The van der Waals surface area contributed by atoms with Crippen molar-refractivity contribution in [3.8, 4) is 11.4 Å². The Kier molecular flexibility index (Phi) is 4.03. The lowest BCUT2D eigenvalue weighted by molar-refractivity contribution is -0.177. The largest absolute Gasteiger partial charge is 0.458 e. The standard InChI is InChI=1S/C25H26N2O4/c1-11(2)25(30)18-8-20-22-16(9-27(20)23(28)17(18)10-31-24(25)29)15(6)21-14(5)13(4)12(3)7-19(21)26-22/h7-8,11,30H,9-10H2,1-6H3/t25-/m0/s1. The van der Waals surface area contributed by atoms with E-state index in [4.69, 9.17) is 9.72 Å². The molecular formula is C25H26N2O4. The molecule has 1 N–H and O–H groups in total. The fourth-order valence-electron chi connectivity index (χ4n) is 5.13. The average molecular weight is 418 g/mol. The summed E-state index contributed by atoms with van der Waals surface area (Å²) in [5.74, 6) is -1.15. The second kappa shape index (κ2) is 6.26.